The number of ether oxygens (including phenoxy) is 2. The average Bonchev–Trinajstić information content (AvgIpc) is 3.28. The molecule has 6 nitrogen and oxygen atoms in total. The van der Waals surface area contributed by atoms with Gasteiger partial charge in [-0.2, -0.15) is 0 Å². The average molecular weight is 485 g/mol. The Bertz CT molecular complexity index is 1030. The van der Waals surface area contributed by atoms with Crippen molar-refractivity contribution in [2.24, 2.45) is 0 Å². The van der Waals surface area contributed by atoms with E-state index in [1.165, 1.54) is 5.56 Å². The van der Waals surface area contributed by atoms with Gasteiger partial charge in [0.15, 0.2) is 17.3 Å². The smallest absolute Gasteiger partial charge is 0.289 e. The lowest BCUT2D eigenvalue weighted by molar-refractivity contribution is 0.0594. The van der Waals surface area contributed by atoms with E-state index in [0.29, 0.717) is 36.1 Å². The van der Waals surface area contributed by atoms with Gasteiger partial charge in [-0.05, 0) is 35.9 Å². The van der Waals surface area contributed by atoms with E-state index in [-0.39, 0.29) is 12.5 Å². The highest BCUT2D eigenvalue weighted by atomic mass is 79.9. The highest BCUT2D eigenvalue weighted by molar-refractivity contribution is 9.10. The van der Waals surface area contributed by atoms with Gasteiger partial charge in [0.25, 0.3) is 5.91 Å². The first kappa shape index (κ1) is 21.5. The number of hydrogen-bond acceptors (Lipinski definition) is 5. The summed E-state index contributed by atoms with van der Waals surface area (Å²) >= 11 is 3.61. The minimum absolute atomic E-state index is 0.0796. The molecular formula is C24H25BrN2O4. The second-order valence-corrected chi connectivity index (χ2v) is 8.22. The fourth-order valence-electron chi connectivity index (χ4n) is 3.59. The largest absolute Gasteiger partial charge is 0.493 e. The summed E-state index contributed by atoms with van der Waals surface area (Å²) in [6.45, 7) is 4.12. The van der Waals surface area contributed by atoms with Crippen LogP contribution >= 0.6 is 15.9 Å². The van der Waals surface area contributed by atoms with Crippen molar-refractivity contribution in [1.82, 2.24) is 9.80 Å². The van der Waals surface area contributed by atoms with Crippen LogP contribution in [0.4, 0.5) is 0 Å². The van der Waals surface area contributed by atoms with Crippen LogP contribution in [0, 0.1) is 0 Å². The van der Waals surface area contributed by atoms with Gasteiger partial charge in [0.1, 0.15) is 12.4 Å². The summed E-state index contributed by atoms with van der Waals surface area (Å²) in [5, 5.41) is 0. The lowest BCUT2D eigenvalue weighted by Crippen LogP contribution is -2.48. The first-order valence-electron chi connectivity index (χ1n) is 10.2. The van der Waals surface area contributed by atoms with E-state index in [4.69, 9.17) is 13.9 Å². The van der Waals surface area contributed by atoms with E-state index in [9.17, 15) is 4.79 Å². The highest BCUT2D eigenvalue weighted by Gasteiger charge is 2.24. The molecule has 2 heterocycles. The summed E-state index contributed by atoms with van der Waals surface area (Å²) in [5.41, 5.74) is 1.26. The zero-order valence-electron chi connectivity index (χ0n) is 17.4. The molecule has 4 rings (SSSR count). The van der Waals surface area contributed by atoms with Crippen molar-refractivity contribution in [3.63, 3.8) is 0 Å². The number of carbonyl (C=O) groups is 1. The van der Waals surface area contributed by atoms with Gasteiger partial charge in [0, 0.05) is 37.2 Å². The van der Waals surface area contributed by atoms with Crippen molar-refractivity contribution in [2.75, 3.05) is 33.3 Å². The summed E-state index contributed by atoms with van der Waals surface area (Å²) in [6, 6.07) is 19.2. The number of furan rings is 1. The van der Waals surface area contributed by atoms with E-state index in [1.54, 1.807) is 19.2 Å². The Labute approximate surface area is 190 Å². The predicted molar refractivity (Wildman–Crippen MR) is 121 cm³/mol. The van der Waals surface area contributed by atoms with Gasteiger partial charge in [0.05, 0.1) is 7.11 Å². The van der Waals surface area contributed by atoms with Gasteiger partial charge in [-0.1, -0.05) is 46.3 Å². The van der Waals surface area contributed by atoms with Crippen molar-refractivity contribution in [2.45, 2.75) is 13.2 Å². The Kier molecular flexibility index (Phi) is 6.94. The molecule has 1 saturated heterocycles. The molecule has 31 heavy (non-hydrogen) atoms. The van der Waals surface area contributed by atoms with E-state index < -0.39 is 0 Å². The number of amides is 1. The van der Waals surface area contributed by atoms with Crippen molar-refractivity contribution in [3.05, 3.63) is 82.2 Å². The van der Waals surface area contributed by atoms with Crippen LogP contribution in [0.5, 0.6) is 11.5 Å². The Morgan fingerprint density at radius 1 is 0.968 bits per heavy atom. The maximum atomic E-state index is 12.9. The normalized spacial score (nSPS) is 14.5. The van der Waals surface area contributed by atoms with Crippen LogP contribution in [-0.2, 0) is 13.2 Å². The fourth-order valence-corrected chi connectivity index (χ4v) is 4.00. The fraction of sp³-hybridized carbons (Fsp3) is 0.292. The number of nitrogens with zero attached hydrogens (tertiary/aromatic N) is 2. The van der Waals surface area contributed by atoms with E-state index in [2.05, 4.69) is 33.0 Å². The van der Waals surface area contributed by atoms with Crippen LogP contribution < -0.4 is 9.47 Å². The van der Waals surface area contributed by atoms with Gasteiger partial charge < -0.3 is 18.8 Å². The third-order valence-corrected chi connectivity index (χ3v) is 6.10. The molecule has 0 atom stereocenters. The van der Waals surface area contributed by atoms with Crippen LogP contribution in [0.3, 0.4) is 0 Å². The molecule has 1 aromatic heterocycles. The molecule has 1 aliphatic rings. The quantitative estimate of drug-likeness (QED) is 0.490. The molecule has 0 N–H and O–H groups in total. The third-order valence-electron chi connectivity index (χ3n) is 5.32. The van der Waals surface area contributed by atoms with Gasteiger partial charge in [-0.25, -0.2) is 0 Å². The van der Waals surface area contributed by atoms with Crippen molar-refractivity contribution in [3.8, 4) is 11.5 Å². The van der Waals surface area contributed by atoms with Crippen LogP contribution in [0.2, 0.25) is 0 Å². The Morgan fingerprint density at radius 2 is 1.68 bits per heavy atom. The predicted octanol–water partition coefficient (Wildman–Crippen LogP) is 4.59. The Balaban J connectivity index is 1.29. The van der Waals surface area contributed by atoms with Gasteiger partial charge in [-0.3, -0.25) is 9.69 Å². The molecule has 0 saturated carbocycles. The number of halogens is 1. The molecule has 1 amide bonds. The number of rotatable bonds is 7. The molecular weight excluding hydrogens is 460 g/mol. The maximum absolute atomic E-state index is 12.9. The monoisotopic (exact) mass is 484 g/mol. The number of benzene rings is 2. The van der Waals surface area contributed by atoms with E-state index >= 15 is 0 Å². The summed E-state index contributed by atoms with van der Waals surface area (Å²) in [6.07, 6.45) is 0. The number of carbonyl (C=O) groups excluding carboxylic acids is 1. The number of hydrogen-bond donors (Lipinski definition) is 0. The molecule has 1 fully saturated rings. The van der Waals surface area contributed by atoms with Crippen molar-refractivity contribution < 1.29 is 18.7 Å². The molecule has 2 aromatic carbocycles. The minimum atomic E-state index is -0.0796. The van der Waals surface area contributed by atoms with Crippen LogP contribution in [-0.4, -0.2) is 49.0 Å². The Hall–Kier alpha value is -2.77. The summed E-state index contributed by atoms with van der Waals surface area (Å²) in [7, 11) is 1.60. The molecule has 0 unspecified atom stereocenters. The molecule has 0 aliphatic carbocycles. The maximum Gasteiger partial charge on any atom is 0.289 e. The zero-order valence-corrected chi connectivity index (χ0v) is 19.0. The van der Waals surface area contributed by atoms with E-state index in [1.807, 2.05) is 41.3 Å². The Morgan fingerprint density at radius 3 is 2.42 bits per heavy atom. The van der Waals surface area contributed by atoms with Crippen LogP contribution in [0.25, 0.3) is 0 Å². The number of para-hydroxylation sites is 2. The van der Waals surface area contributed by atoms with Gasteiger partial charge in [-0.15, -0.1) is 0 Å². The van der Waals surface area contributed by atoms with Crippen molar-refractivity contribution in [1.29, 1.82) is 0 Å². The molecule has 3 aromatic rings. The second kappa shape index (κ2) is 10.0. The van der Waals surface area contributed by atoms with Crippen LogP contribution in [0.1, 0.15) is 21.9 Å². The first-order chi connectivity index (χ1) is 15.1. The number of piperazine rings is 1. The lowest BCUT2D eigenvalue weighted by Gasteiger charge is -2.34. The zero-order chi connectivity index (χ0) is 21.6. The first-order valence-corrected chi connectivity index (χ1v) is 11.0. The van der Waals surface area contributed by atoms with Gasteiger partial charge >= 0.3 is 0 Å². The second-order valence-electron chi connectivity index (χ2n) is 7.37. The van der Waals surface area contributed by atoms with E-state index in [0.717, 1.165) is 24.1 Å². The van der Waals surface area contributed by atoms with Gasteiger partial charge in [0.2, 0.25) is 0 Å². The summed E-state index contributed by atoms with van der Waals surface area (Å²) in [5.74, 6) is 2.16. The SMILES string of the molecule is COc1ccccc1OCc1ccc(C(=O)N2CCN(Cc3ccccc3Br)CC2)o1. The molecule has 162 valence electrons. The topological polar surface area (TPSA) is 55.2 Å². The summed E-state index contributed by atoms with van der Waals surface area (Å²) < 4.78 is 17.9. The molecule has 0 radical (unpaired) electrons. The molecule has 0 spiro atoms. The minimum Gasteiger partial charge on any atom is -0.493 e. The van der Waals surface area contributed by atoms with Crippen molar-refractivity contribution >= 4 is 21.8 Å². The van der Waals surface area contributed by atoms with Crippen LogP contribution in [0.15, 0.2) is 69.6 Å². The third kappa shape index (κ3) is 5.29. The molecule has 7 heteroatoms. The lowest BCUT2D eigenvalue weighted by atomic mass is 10.2. The summed E-state index contributed by atoms with van der Waals surface area (Å²) in [4.78, 5) is 17.1. The molecule has 0 bridgehead atoms. The highest BCUT2D eigenvalue weighted by Crippen LogP contribution is 2.27. The number of methoxy groups -OCH3 is 1. The standard InChI is InChI=1S/C24H25BrN2O4/c1-29-21-8-4-5-9-22(21)30-17-19-10-11-23(31-19)24(28)27-14-12-26(13-15-27)16-18-6-2-3-7-20(18)25/h2-11H,12-17H2,1H3. The molecule has 1 aliphatic heterocycles.